The first-order valence-corrected chi connectivity index (χ1v) is 3.93. The largest absolute Gasteiger partial charge is 0.351 e. The first-order chi connectivity index (χ1) is 6.45. The molecule has 0 aromatic carbocycles. The maximum atomic E-state index is 3.94. The number of nitrogens with zero attached hydrogens (tertiary/aromatic N) is 3. The monoisotopic (exact) mass is 175 g/mol. The maximum absolute atomic E-state index is 3.94. The highest BCUT2D eigenvalue weighted by Crippen LogP contribution is 2.00. The Bertz CT molecular complexity index is 342. The highest BCUT2D eigenvalue weighted by molar-refractivity contribution is 5.24. The summed E-state index contributed by atoms with van der Waals surface area (Å²) in [7, 11) is 0. The van der Waals surface area contributed by atoms with Crippen LogP contribution in [0.5, 0.6) is 0 Å². The lowest BCUT2D eigenvalue weighted by Gasteiger charge is -2.00. The Morgan fingerprint density at radius 1 is 1.31 bits per heavy atom. The van der Waals surface area contributed by atoms with Crippen LogP contribution in [0.3, 0.4) is 0 Å². The van der Waals surface area contributed by atoms with Crippen molar-refractivity contribution in [2.24, 2.45) is 0 Å². The van der Waals surface area contributed by atoms with Gasteiger partial charge >= 0.3 is 0 Å². The molecule has 0 amide bonds. The van der Waals surface area contributed by atoms with Crippen molar-refractivity contribution in [3.8, 4) is 0 Å². The van der Waals surface area contributed by atoms with Crippen molar-refractivity contribution in [2.45, 2.75) is 6.54 Å². The molecule has 5 nitrogen and oxygen atoms in total. The van der Waals surface area contributed by atoms with Crippen LogP contribution in [-0.2, 0) is 6.54 Å². The van der Waals surface area contributed by atoms with Crippen molar-refractivity contribution in [3.63, 3.8) is 0 Å². The molecule has 0 atom stereocenters. The molecule has 2 rings (SSSR count). The number of nitrogens with one attached hydrogen (secondary N) is 2. The topological polar surface area (TPSA) is 66.5 Å². The molecule has 0 saturated heterocycles. The summed E-state index contributed by atoms with van der Waals surface area (Å²) < 4.78 is 0. The standard InChI is InChI=1S/C8H9N5/c1-3-9-4-2-7(1)5-10-8-11-6-12-13-8/h1-4,6H,5H2,(H2,10,11,12,13). The van der Waals surface area contributed by atoms with Crippen molar-refractivity contribution in [2.75, 3.05) is 5.32 Å². The van der Waals surface area contributed by atoms with E-state index in [0.29, 0.717) is 5.95 Å². The number of aromatic nitrogens is 4. The van der Waals surface area contributed by atoms with E-state index in [2.05, 4.69) is 25.5 Å². The summed E-state index contributed by atoms with van der Waals surface area (Å²) in [6.45, 7) is 0.720. The molecule has 2 heterocycles. The van der Waals surface area contributed by atoms with E-state index in [1.54, 1.807) is 12.4 Å². The van der Waals surface area contributed by atoms with Crippen LogP contribution < -0.4 is 5.32 Å². The van der Waals surface area contributed by atoms with Crippen LogP contribution in [-0.4, -0.2) is 20.2 Å². The first-order valence-electron chi connectivity index (χ1n) is 3.93. The van der Waals surface area contributed by atoms with Gasteiger partial charge in [-0.25, -0.2) is 10.1 Å². The number of aromatic amines is 1. The molecule has 0 aliphatic rings. The Kier molecular flexibility index (Phi) is 2.18. The Morgan fingerprint density at radius 3 is 2.85 bits per heavy atom. The third-order valence-corrected chi connectivity index (χ3v) is 1.62. The van der Waals surface area contributed by atoms with Gasteiger partial charge in [0.15, 0.2) is 0 Å². The van der Waals surface area contributed by atoms with Crippen molar-refractivity contribution in [3.05, 3.63) is 36.4 Å². The minimum Gasteiger partial charge on any atom is -0.351 e. The fourth-order valence-corrected chi connectivity index (χ4v) is 0.977. The van der Waals surface area contributed by atoms with E-state index in [0.717, 1.165) is 12.1 Å². The molecule has 2 aromatic heterocycles. The molecule has 0 saturated carbocycles. The molecular weight excluding hydrogens is 166 g/mol. The predicted octanol–water partition coefficient (Wildman–Crippen LogP) is 0.812. The second-order valence-corrected chi connectivity index (χ2v) is 2.54. The van der Waals surface area contributed by atoms with Gasteiger partial charge in [0, 0.05) is 18.9 Å². The quantitative estimate of drug-likeness (QED) is 0.724. The predicted molar refractivity (Wildman–Crippen MR) is 47.9 cm³/mol. The second-order valence-electron chi connectivity index (χ2n) is 2.54. The molecule has 0 bridgehead atoms. The number of pyridine rings is 1. The molecule has 5 heteroatoms. The van der Waals surface area contributed by atoms with Gasteiger partial charge in [0.2, 0.25) is 5.95 Å². The van der Waals surface area contributed by atoms with Crippen molar-refractivity contribution in [1.82, 2.24) is 20.2 Å². The van der Waals surface area contributed by atoms with Crippen LogP contribution in [0, 0.1) is 0 Å². The van der Waals surface area contributed by atoms with Gasteiger partial charge in [-0.05, 0) is 17.7 Å². The molecule has 13 heavy (non-hydrogen) atoms. The average molecular weight is 175 g/mol. The van der Waals surface area contributed by atoms with E-state index < -0.39 is 0 Å². The molecular formula is C8H9N5. The van der Waals surface area contributed by atoms with Crippen LogP contribution >= 0.6 is 0 Å². The van der Waals surface area contributed by atoms with Gasteiger partial charge in [0.05, 0.1) is 0 Å². The SMILES string of the molecule is c1cc(CNc2ncn[nH]2)ccn1. The number of rotatable bonds is 3. The first kappa shape index (κ1) is 7.72. The minimum absolute atomic E-state index is 0.678. The van der Waals surface area contributed by atoms with E-state index in [1.165, 1.54) is 6.33 Å². The van der Waals surface area contributed by atoms with Crippen LogP contribution in [0.15, 0.2) is 30.9 Å². The van der Waals surface area contributed by atoms with Crippen molar-refractivity contribution >= 4 is 5.95 Å². The molecule has 0 fully saturated rings. The zero-order valence-electron chi connectivity index (χ0n) is 6.94. The summed E-state index contributed by atoms with van der Waals surface area (Å²) in [5, 5.41) is 9.53. The van der Waals surface area contributed by atoms with Crippen LogP contribution in [0.2, 0.25) is 0 Å². The molecule has 2 N–H and O–H groups in total. The summed E-state index contributed by atoms with van der Waals surface area (Å²) in [4.78, 5) is 7.86. The summed E-state index contributed by atoms with van der Waals surface area (Å²) in [5.41, 5.74) is 1.16. The molecule has 0 spiro atoms. The normalized spacial score (nSPS) is 9.85. The number of H-pyrrole nitrogens is 1. The van der Waals surface area contributed by atoms with Crippen molar-refractivity contribution in [1.29, 1.82) is 0 Å². The highest BCUT2D eigenvalue weighted by atomic mass is 15.3. The zero-order chi connectivity index (χ0) is 8.93. The maximum Gasteiger partial charge on any atom is 0.218 e. The summed E-state index contributed by atoms with van der Waals surface area (Å²) >= 11 is 0. The summed E-state index contributed by atoms with van der Waals surface area (Å²) in [6, 6.07) is 3.90. The fourth-order valence-electron chi connectivity index (χ4n) is 0.977. The van der Waals surface area contributed by atoms with E-state index in [1.807, 2.05) is 12.1 Å². The lowest BCUT2D eigenvalue weighted by Crippen LogP contribution is -2.00. The Labute approximate surface area is 75.2 Å². The van der Waals surface area contributed by atoms with Gasteiger partial charge in [0.25, 0.3) is 0 Å². The molecule has 66 valence electrons. The molecule has 2 aromatic rings. The Hall–Kier alpha value is -1.91. The fraction of sp³-hybridized carbons (Fsp3) is 0.125. The minimum atomic E-state index is 0.678. The number of hydrogen-bond acceptors (Lipinski definition) is 4. The van der Waals surface area contributed by atoms with Crippen LogP contribution in [0.25, 0.3) is 0 Å². The van der Waals surface area contributed by atoms with E-state index in [9.17, 15) is 0 Å². The van der Waals surface area contributed by atoms with Gasteiger partial charge in [-0.15, -0.1) is 0 Å². The third-order valence-electron chi connectivity index (χ3n) is 1.62. The summed E-state index contributed by atoms with van der Waals surface area (Å²) in [5.74, 6) is 0.678. The zero-order valence-corrected chi connectivity index (χ0v) is 6.94. The number of anilines is 1. The second kappa shape index (κ2) is 3.66. The lowest BCUT2D eigenvalue weighted by molar-refractivity contribution is 1.04. The Balaban J connectivity index is 1.94. The molecule has 0 radical (unpaired) electrons. The molecule has 0 aliphatic heterocycles. The molecule has 0 aliphatic carbocycles. The lowest BCUT2D eigenvalue weighted by atomic mass is 10.3. The van der Waals surface area contributed by atoms with E-state index >= 15 is 0 Å². The van der Waals surface area contributed by atoms with E-state index in [-0.39, 0.29) is 0 Å². The van der Waals surface area contributed by atoms with Crippen molar-refractivity contribution < 1.29 is 0 Å². The highest BCUT2D eigenvalue weighted by Gasteiger charge is 1.93. The number of hydrogen-bond donors (Lipinski definition) is 2. The van der Waals surface area contributed by atoms with Crippen LogP contribution in [0.1, 0.15) is 5.56 Å². The average Bonchev–Trinajstić information content (AvgIpc) is 2.69. The van der Waals surface area contributed by atoms with Gasteiger partial charge in [-0.2, -0.15) is 5.10 Å². The third kappa shape index (κ3) is 2.02. The van der Waals surface area contributed by atoms with E-state index in [4.69, 9.17) is 0 Å². The van der Waals surface area contributed by atoms with Gasteiger partial charge in [-0.1, -0.05) is 0 Å². The summed E-state index contributed by atoms with van der Waals surface area (Å²) in [6.07, 6.45) is 4.99. The van der Waals surface area contributed by atoms with Gasteiger partial charge in [-0.3, -0.25) is 4.98 Å². The smallest absolute Gasteiger partial charge is 0.218 e. The van der Waals surface area contributed by atoms with Gasteiger partial charge in [0.1, 0.15) is 6.33 Å². The van der Waals surface area contributed by atoms with Gasteiger partial charge < -0.3 is 5.32 Å². The Morgan fingerprint density at radius 2 is 2.15 bits per heavy atom. The van der Waals surface area contributed by atoms with Crippen LogP contribution in [0.4, 0.5) is 5.95 Å². The molecule has 0 unspecified atom stereocenters.